The number of carbonyl (C=O) groups is 2. The van der Waals surface area contributed by atoms with E-state index in [2.05, 4.69) is 0 Å². The molecule has 0 aromatic heterocycles. The zero-order valence-electron chi connectivity index (χ0n) is 11.9. The summed E-state index contributed by atoms with van der Waals surface area (Å²) in [5, 5.41) is 11.4. The molecule has 2 saturated heterocycles. The lowest BCUT2D eigenvalue weighted by Crippen LogP contribution is -2.45. The molecule has 3 aliphatic rings. The van der Waals surface area contributed by atoms with Crippen molar-refractivity contribution in [1.82, 2.24) is 0 Å². The molecule has 0 radical (unpaired) electrons. The molecular weight excluding hydrogens is 286 g/mol. The van der Waals surface area contributed by atoms with Crippen molar-refractivity contribution in [2.24, 2.45) is 11.8 Å². The molecule has 1 amide bonds. The number of rotatable bonds is 3. The van der Waals surface area contributed by atoms with Crippen LogP contribution in [0.3, 0.4) is 0 Å². The Hall–Kier alpha value is -2.34. The first-order valence-electron chi connectivity index (χ1n) is 7.09. The fourth-order valence-corrected chi connectivity index (χ4v) is 3.76. The van der Waals surface area contributed by atoms with Crippen LogP contribution in [0.5, 0.6) is 5.75 Å². The van der Waals surface area contributed by atoms with E-state index in [1.807, 2.05) is 6.08 Å². The van der Waals surface area contributed by atoms with Crippen LogP contribution in [0.4, 0.5) is 5.69 Å². The van der Waals surface area contributed by atoms with Crippen molar-refractivity contribution in [3.05, 3.63) is 36.4 Å². The SMILES string of the molecule is COc1cccc(N2C[C@@]34C=C[C@@H](O3)[C@@H](C(=O)[O-])[C@@H]4C2=O)c1. The fraction of sp³-hybridized carbons (Fsp3) is 0.375. The summed E-state index contributed by atoms with van der Waals surface area (Å²) < 4.78 is 11.0. The van der Waals surface area contributed by atoms with E-state index in [0.717, 1.165) is 0 Å². The highest BCUT2D eigenvalue weighted by atomic mass is 16.5. The van der Waals surface area contributed by atoms with Gasteiger partial charge in [0.15, 0.2) is 0 Å². The molecule has 1 spiro atoms. The predicted molar refractivity (Wildman–Crippen MR) is 74.1 cm³/mol. The first-order valence-corrected chi connectivity index (χ1v) is 7.09. The van der Waals surface area contributed by atoms with Gasteiger partial charge in [-0.25, -0.2) is 0 Å². The van der Waals surface area contributed by atoms with Crippen LogP contribution in [-0.4, -0.2) is 37.2 Å². The Morgan fingerprint density at radius 3 is 3.05 bits per heavy atom. The average Bonchev–Trinajstić information content (AvgIpc) is 3.15. The molecule has 4 rings (SSSR count). The summed E-state index contributed by atoms with van der Waals surface area (Å²) in [5.74, 6) is -2.49. The third kappa shape index (κ3) is 1.58. The Labute approximate surface area is 126 Å². The van der Waals surface area contributed by atoms with E-state index in [9.17, 15) is 14.7 Å². The van der Waals surface area contributed by atoms with E-state index in [4.69, 9.17) is 9.47 Å². The van der Waals surface area contributed by atoms with Crippen LogP contribution in [0.1, 0.15) is 0 Å². The summed E-state index contributed by atoms with van der Waals surface area (Å²) >= 11 is 0. The third-order valence-corrected chi connectivity index (χ3v) is 4.74. The van der Waals surface area contributed by atoms with Gasteiger partial charge in [-0.2, -0.15) is 0 Å². The van der Waals surface area contributed by atoms with Gasteiger partial charge in [0, 0.05) is 23.6 Å². The monoisotopic (exact) mass is 300 g/mol. The number of hydrogen-bond acceptors (Lipinski definition) is 5. The summed E-state index contributed by atoms with van der Waals surface area (Å²) in [4.78, 5) is 25.7. The molecule has 3 heterocycles. The highest BCUT2D eigenvalue weighted by Crippen LogP contribution is 2.52. The van der Waals surface area contributed by atoms with E-state index in [0.29, 0.717) is 18.0 Å². The number of anilines is 1. The van der Waals surface area contributed by atoms with Gasteiger partial charge >= 0.3 is 0 Å². The molecule has 0 aliphatic carbocycles. The van der Waals surface area contributed by atoms with E-state index in [1.54, 1.807) is 42.4 Å². The van der Waals surface area contributed by atoms with Crippen molar-refractivity contribution in [2.45, 2.75) is 11.7 Å². The van der Waals surface area contributed by atoms with Crippen LogP contribution in [0.15, 0.2) is 36.4 Å². The number of carboxylic acid groups (broad SMARTS) is 1. The minimum atomic E-state index is -1.23. The smallest absolute Gasteiger partial charge is 0.234 e. The molecule has 114 valence electrons. The number of methoxy groups -OCH3 is 1. The van der Waals surface area contributed by atoms with Crippen LogP contribution in [0.25, 0.3) is 0 Å². The Balaban J connectivity index is 1.73. The number of ether oxygens (including phenoxy) is 2. The molecule has 4 atom stereocenters. The van der Waals surface area contributed by atoms with E-state index in [1.165, 1.54) is 0 Å². The Morgan fingerprint density at radius 1 is 1.50 bits per heavy atom. The van der Waals surface area contributed by atoms with Gasteiger partial charge in [0.2, 0.25) is 5.91 Å². The van der Waals surface area contributed by atoms with Crippen molar-refractivity contribution in [3.63, 3.8) is 0 Å². The number of fused-ring (bicyclic) bond motifs is 1. The molecule has 1 aromatic carbocycles. The number of carbonyl (C=O) groups excluding carboxylic acids is 2. The number of nitrogens with zero attached hydrogens (tertiary/aromatic N) is 1. The second kappa shape index (κ2) is 4.33. The molecule has 6 heteroatoms. The minimum Gasteiger partial charge on any atom is -0.550 e. The number of hydrogen-bond donors (Lipinski definition) is 0. The van der Waals surface area contributed by atoms with E-state index >= 15 is 0 Å². The predicted octanol–water partition coefficient (Wildman–Crippen LogP) is -0.269. The molecule has 2 bridgehead atoms. The Morgan fingerprint density at radius 2 is 2.32 bits per heavy atom. The molecule has 0 saturated carbocycles. The summed E-state index contributed by atoms with van der Waals surface area (Å²) in [6.07, 6.45) is 2.98. The molecule has 3 aliphatic heterocycles. The second-order valence-corrected chi connectivity index (χ2v) is 5.84. The highest BCUT2D eigenvalue weighted by molar-refractivity contribution is 6.02. The largest absolute Gasteiger partial charge is 0.550 e. The standard InChI is InChI=1S/C16H15NO5/c1-21-10-4-2-3-9(7-10)17-8-16-6-5-11(22-16)12(15(19)20)13(16)14(17)18/h2-7,11-13H,8H2,1H3,(H,19,20)/p-1/t11-,12-,13-,16-/m1/s1. The maximum atomic E-state index is 12.8. The van der Waals surface area contributed by atoms with Gasteiger partial charge in [-0.1, -0.05) is 18.2 Å². The molecule has 6 nitrogen and oxygen atoms in total. The Kier molecular flexibility index (Phi) is 2.62. The number of aliphatic carboxylic acids is 1. The second-order valence-electron chi connectivity index (χ2n) is 5.84. The summed E-state index contributed by atoms with van der Waals surface area (Å²) in [7, 11) is 1.55. The van der Waals surface area contributed by atoms with Gasteiger partial charge in [0.05, 0.1) is 25.7 Å². The molecular formula is C16H14NO5-. The zero-order chi connectivity index (χ0) is 15.5. The number of amides is 1. The van der Waals surface area contributed by atoms with Crippen LogP contribution >= 0.6 is 0 Å². The van der Waals surface area contributed by atoms with Gasteiger partial charge < -0.3 is 24.3 Å². The van der Waals surface area contributed by atoms with Crippen molar-refractivity contribution >= 4 is 17.6 Å². The minimum absolute atomic E-state index is 0.241. The van der Waals surface area contributed by atoms with Gasteiger partial charge in [-0.05, 0) is 12.1 Å². The summed E-state index contributed by atoms with van der Waals surface area (Å²) in [6.45, 7) is 0.306. The molecule has 2 fully saturated rings. The van der Waals surface area contributed by atoms with Gasteiger partial charge in [-0.3, -0.25) is 4.79 Å². The van der Waals surface area contributed by atoms with Crippen LogP contribution in [0, 0.1) is 11.8 Å². The lowest BCUT2D eigenvalue weighted by molar-refractivity contribution is -0.313. The van der Waals surface area contributed by atoms with Gasteiger partial charge in [-0.15, -0.1) is 0 Å². The van der Waals surface area contributed by atoms with Gasteiger partial charge in [0.1, 0.15) is 11.4 Å². The van der Waals surface area contributed by atoms with Crippen molar-refractivity contribution in [2.75, 3.05) is 18.6 Å². The van der Waals surface area contributed by atoms with Crippen molar-refractivity contribution in [1.29, 1.82) is 0 Å². The van der Waals surface area contributed by atoms with Crippen LogP contribution < -0.4 is 14.7 Å². The lowest BCUT2D eigenvalue weighted by Gasteiger charge is -2.24. The quantitative estimate of drug-likeness (QED) is 0.718. The Bertz CT molecular complexity index is 700. The number of carboxylic acids is 1. The maximum absolute atomic E-state index is 12.8. The van der Waals surface area contributed by atoms with Crippen LogP contribution in [-0.2, 0) is 14.3 Å². The third-order valence-electron chi connectivity index (χ3n) is 4.74. The van der Waals surface area contributed by atoms with Crippen LogP contribution in [0.2, 0.25) is 0 Å². The summed E-state index contributed by atoms with van der Waals surface area (Å²) in [6, 6.07) is 7.12. The summed E-state index contributed by atoms with van der Waals surface area (Å²) in [5.41, 5.74) is -0.180. The normalized spacial score (nSPS) is 35.0. The molecule has 22 heavy (non-hydrogen) atoms. The highest BCUT2D eigenvalue weighted by Gasteiger charge is 2.65. The van der Waals surface area contributed by atoms with Crippen molar-refractivity contribution < 1.29 is 24.2 Å². The molecule has 1 aromatic rings. The first kappa shape index (κ1) is 13.3. The van der Waals surface area contributed by atoms with E-state index < -0.39 is 29.5 Å². The maximum Gasteiger partial charge on any atom is 0.234 e. The topological polar surface area (TPSA) is 78.9 Å². The average molecular weight is 300 g/mol. The molecule has 0 N–H and O–H groups in total. The lowest BCUT2D eigenvalue weighted by atomic mass is 9.77. The van der Waals surface area contributed by atoms with Gasteiger partial charge in [0.25, 0.3) is 0 Å². The molecule has 0 unspecified atom stereocenters. The van der Waals surface area contributed by atoms with E-state index in [-0.39, 0.29) is 5.91 Å². The fourth-order valence-electron chi connectivity index (χ4n) is 3.76. The first-order chi connectivity index (χ1) is 10.6. The number of benzene rings is 1. The zero-order valence-corrected chi connectivity index (χ0v) is 11.9. The van der Waals surface area contributed by atoms with Crippen molar-refractivity contribution in [3.8, 4) is 5.75 Å².